The number of rotatable bonds is 3. The van der Waals surface area contributed by atoms with Crippen LogP contribution in [0.25, 0.3) is 0 Å². The van der Waals surface area contributed by atoms with Crippen LogP contribution in [0.5, 0.6) is 0 Å². The van der Waals surface area contributed by atoms with Crippen molar-refractivity contribution < 1.29 is 22.7 Å². The first-order chi connectivity index (χ1) is 7.47. The van der Waals surface area contributed by atoms with Gasteiger partial charge in [0.15, 0.2) is 5.82 Å². The Kier molecular flexibility index (Phi) is 4.51. The van der Waals surface area contributed by atoms with Crippen LogP contribution in [0.2, 0.25) is 0 Å². The number of carbonyl (C=O) groups is 1. The van der Waals surface area contributed by atoms with Crippen LogP contribution in [0.1, 0.15) is 29.4 Å². The van der Waals surface area contributed by atoms with Crippen LogP contribution in [-0.2, 0) is 4.74 Å². The predicted octanol–water partition coefficient (Wildman–Crippen LogP) is 2.94. The third-order valence-electron chi connectivity index (χ3n) is 1.66. The van der Waals surface area contributed by atoms with E-state index < -0.39 is 23.9 Å². The molecule has 0 saturated heterocycles. The monoisotopic (exact) mass is 345 g/mol. The van der Waals surface area contributed by atoms with E-state index in [2.05, 4.69) is 9.72 Å². The summed E-state index contributed by atoms with van der Waals surface area (Å²) in [7, 11) is 0. The first-order valence-corrected chi connectivity index (χ1v) is 5.36. The summed E-state index contributed by atoms with van der Waals surface area (Å²) in [5.41, 5.74) is -1.11. The fourth-order valence-electron chi connectivity index (χ4n) is 0.985. The molecule has 0 N–H and O–H groups in total. The van der Waals surface area contributed by atoms with Gasteiger partial charge in [-0.1, -0.05) is 0 Å². The summed E-state index contributed by atoms with van der Waals surface area (Å²) < 4.78 is 42.3. The van der Waals surface area contributed by atoms with Crippen LogP contribution in [0, 0.1) is 9.52 Å². The minimum atomic E-state index is -3.01. The highest BCUT2D eigenvalue weighted by Crippen LogP contribution is 2.23. The molecule has 7 heteroatoms. The largest absolute Gasteiger partial charge is 0.462 e. The summed E-state index contributed by atoms with van der Waals surface area (Å²) in [6.45, 7) is 1.70. The number of esters is 1. The van der Waals surface area contributed by atoms with Gasteiger partial charge >= 0.3 is 5.97 Å². The number of pyridine rings is 1. The third-order valence-corrected chi connectivity index (χ3v) is 2.48. The molecule has 0 radical (unpaired) electrons. The number of hydrogen-bond donors (Lipinski definition) is 0. The lowest BCUT2D eigenvalue weighted by molar-refractivity contribution is 0.0522. The van der Waals surface area contributed by atoms with Crippen molar-refractivity contribution in [1.82, 2.24) is 4.98 Å². The molecule has 1 aromatic heterocycles. The highest BCUT2D eigenvalue weighted by molar-refractivity contribution is 14.1. The molecule has 1 aromatic rings. The van der Waals surface area contributed by atoms with Gasteiger partial charge in [0.2, 0.25) is 0 Å². The number of hydrogen-bond acceptors (Lipinski definition) is 3. The Labute approximate surface area is 103 Å². The molecule has 0 unspecified atom stereocenters. The van der Waals surface area contributed by atoms with Crippen LogP contribution in [0.4, 0.5) is 13.2 Å². The molecular weight excluding hydrogens is 338 g/mol. The average molecular weight is 345 g/mol. The normalized spacial score (nSPS) is 10.6. The smallest absolute Gasteiger partial charge is 0.340 e. The van der Waals surface area contributed by atoms with Gasteiger partial charge in [-0.2, -0.15) is 0 Å². The molecule has 1 rings (SSSR count). The van der Waals surface area contributed by atoms with E-state index in [4.69, 9.17) is 0 Å². The second-order valence-electron chi connectivity index (χ2n) is 2.71. The van der Waals surface area contributed by atoms with E-state index in [0.717, 1.165) is 0 Å². The van der Waals surface area contributed by atoms with Crippen LogP contribution in [0.3, 0.4) is 0 Å². The van der Waals surface area contributed by atoms with Gasteiger partial charge in [-0.05, 0) is 35.6 Å². The maximum Gasteiger partial charge on any atom is 0.340 e. The van der Waals surface area contributed by atoms with E-state index in [9.17, 15) is 18.0 Å². The molecule has 0 aliphatic rings. The molecule has 0 atom stereocenters. The van der Waals surface area contributed by atoms with E-state index in [1.165, 1.54) is 0 Å². The van der Waals surface area contributed by atoms with E-state index in [0.29, 0.717) is 6.07 Å². The molecule has 16 heavy (non-hydrogen) atoms. The third kappa shape index (κ3) is 2.83. The Hall–Kier alpha value is -0.860. The van der Waals surface area contributed by atoms with Crippen molar-refractivity contribution in [2.45, 2.75) is 13.3 Å². The van der Waals surface area contributed by atoms with E-state index >= 15 is 0 Å². The lowest BCUT2D eigenvalue weighted by Gasteiger charge is -2.06. The van der Waals surface area contributed by atoms with Crippen molar-refractivity contribution in [2.24, 2.45) is 0 Å². The molecule has 3 nitrogen and oxygen atoms in total. The summed E-state index contributed by atoms with van der Waals surface area (Å²) in [5, 5.41) is 0. The van der Waals surface area contributed by atoms with Gasteiger partial charge in [-0.25, -0.2) is 22.9 Å². The molecule has 1 heterocycles. The fraction of sp³-hybridized carbons (Fsp3) is 0.333. The van der Waals surface area contributed by atoms with Crippen molar-refractivity contribution in [1.29, 1.82) is 0 Å². The highest BCUT2D eigenvalue weighted by Gasteiger charge is 2.21. The number of alkyl halides is 2. The van der Waals surface area contributed by atoms with Crippen LogP contribution in [0.15, 0.2) is 6.07 Å². The van der Waals surface area contributed by atoms with Gasteiger partial charge in [0.05, 0.1) is 12.2 Å². The molecule has 0 saturated carbocycles. The van der Waals surface area contributed by atoms with Gasteiger partial charge in [0, 0.05) is 0 Å². The molecular formula is C9H7F3INO2. The van der Waals surface area contributed by atoms with Crippen LogP contribution >= 0.6 is 22.6 Å². The topological polar surface area (TPSA) is 39.2 Å². The first-order valence-electron chi connectivity index (χ1n) is 4.28. The van der Waals surface area contributed by atoms with Gasteiger partial charge in [0.1, 0.15) is 9.39 Å². The molecule has 0 bridgehead atoms. The summed E-state index contributed by atoms with van der Waals surface area (Å²) in [5.74, 6) is -1.99. The average Bonchev–Trinajstić information content (AvgIpc) is 2.20. The predicted molar refractivity (Wildman–Crippen MR) is 57.8 cm³/mol. The fourth-order valence-corrected chi connectivity index (χ4v) is 1.62. The summed E-state index contributed by atoms with van der Waals surface area (Å²) >= 11 is 1.58. The Balaban J connectivity index is 3.15. The number of halogens is 4. The van der Waals surface area contributed by atoms with Crippen molar-refractivity contribution in [3.8, 4) is 0 Å². The van der Waals surface area contributed by atoms with Crippen LogP contribution < -0.4 is 0 Å². The summed E-state index contributed by atoms with van der Waals surface area (Å²) in [6, 6.07) is 0.717. The van der Waals surface area contributed by atoms with Crippen LogP contribution in [-0.4, -0.2) is 17.6 Å². The first kappa shape index (κ1) is 13.2. The second kappa shape index (κ2) is 5.46. The number of nitrogens with zero attached hydrogens (tertiary/aromatic N) is 1. The van der Waals surface area contributed by atoms with Crippen molar-refractivity contribution >= 4 is 28.6 Å². The number of ether oxygens (including phenoxy) is 1. The van der Waals surface area contributed by atoms with Crippen molar-refractivity contribution in [3.63, 3.8) is 0 Å². The lowest BCUT2D eigenvalue weighted by Crippen LogP contribution is -2.10. The minimum Gasteiger partial charge on any atom is -0.462 e. The van der Waals surface area contributed by atoms with Crippen molar-refractivity contribution in [3.05, 3.63) is 26.8 Å². The zero-order valence-corrected chi connectivity index (χ0v) is 10.3. The van der Waals surface area contributed by atoms with E-state index in [1.807, 2.05) is 0 Å². The number of aromatic nitrogens is 1. The maximum absolute atomic E-state index is 13.1. The Morgan fingerprint density at radius 1 is 1.62 bits per heavy atom. The van der Waals surface area contributed by atoms with Gasteiger partial charge in [-0.15, -0.1) is 0 Å². The number of carbonyl (C=O) groups excluding carboxylic acids is 1. The molecule has 0 aromatic carbocycles. The van der Waals surface area contributed by atoms with E-state index in [-0.39, 0.29) is 15.9 Å². The molecule has 88 valence electrons. The molecule has 0 spiro atoms. The Bertz CT molecular complexity index is 412. The Morgan fingerprint density at radius 3 is 2.75 bits per heavy atom. The van der Waals surface area contributed by atoms with Gasteiger partial charge in [0.25, 0.3) is 6.43 Å². The quantitative estimate of drug-likeness (QED) is 0.480. The van der Waals surface area contributed by atoms with Gasteiger partial charge in [-0.3, -0.25) is 0 Å². The molecule has 0 fully saturated rings. The maximum atomic E-state index is 13.1. The highest BCUT2D eigenvalue weighted by atomic mass is 127. The van der Waals surface area contributed by atoms with Gasteiger partial charge < -0.3 is 4.74 Å². The zero-order valence-electron chi connectivity index (χ0n) is 8.14. The minimum absolute atomic E-state index is 0.00671. The SMILES string of the molecule is CCOC(=O)c1cc(F)c(C(F)F)nc1I. The Morgan fingerprint density at radius 2 is 2.25 bits per heavy atom. The second-order valence-corrected chi connectivity index (χ2v) is 3.74. The lowest BCUT2D eigenvalue weighted by atomic mass is 10.2. The molecule has 0 aliphatic heterocycles. The summed E-state index contributed by atoms with van der Waals surface area (Å²) in [4.78, 5) is 14.6. The summed E-state index contributed by atoms with van der Waals surface area (Å²) in [6.07, 6.45) is -3.01. The molecule has 0 aliphatic carbocycles. The van der Waals surface area contributed by atoms with E-state index in [1.54, 1.807) is 29.5 Å². The van der Waals surface area contributed by atoms with Crippen molar-refractivity contribution in [2.75, 3.05) is 6.61 Å². The standard InChI is InChI=1S/C9H7F3INO2/c1-2-16-9(15)4-3-5(10)6(7(11)12)14-8(4)13/h3,7H,2H2,1H3. The zero-order chi connectivity index (χ0) is 12.3. The molecule has 0 amide bonds.